The Morgan fingerprint density at radius 2 is 1.75 bits per heavy atom. The van der Waals surface area contributed by atoms with E-state index in [-0.39, 0.29) is 0 Å². The normalized spacial score (nSPS) is 21.6. The molecule has 0 bridgehead atoms. The fourth-order valence-electron chi connectivity index (χ4n) is 4.59. The summed E-state index contributed by atoms with van der Waals surface area (Å²) in [7, 11) is 0. The molecule has 0 radical (unpaired) electrons. The van der Waals surface area contributed by atoms with E-state index in [9.17, 15) is 22.0 Å². The summed E-state index contributed by atoms with van der Waals surface area (Å²) in [5.74, 6) is 1.33. The Morgan fingerprint density at radius 1 is 0.969 bits per heavy atom. The molecular formula is C20H20F5N7. The lowest BCUT2D eigenvalue weighted by atomic mass is 9.88. The summed E-state index contributed by atoms with van der Waals surface area (Å²) in [6.07, 6.45) is -1.77. The maximum atomic E-state index is 12.8. The molecule has 1 unspecified atom stereocenters. The second kappa shape index (κ2) is 7.82. The summed E-state index contributed by atoms with van der Waals surface area (Å²) < 4.78 is 65.1. The van der Waals surface area contributed by atoms with E-state index < -0.39 is 24.8 Å². The molecule has 3 aromatic heterocycles. The zero-order chi connectivity index (χ0) is 22.5. The van der Waals surface area contributed by atoms with Gasteiger partial charge < -0.3 is 9.80 Å². The highest BCUT2D eigenvalue weighted by Crippen LogP contribution is 2.36. The van der Waals surface area contributed by atoms with Crippen LogP contribution in [0.5, 0.6) is 0 Å². The Balaban J connectivity index is 1.30. The fourth-order valence-corrected chi connectivity index (χ4v) is 4.59. The van der Waals surface area contributed by atoms with E-state index in [0.29, 0.717) is 47.6 Å². The molecule has 2 saturated heterocycles. The van der Waals surface area contributed by atoms with Crippen LogP contribution in [0.3, 0.4) is 0 Å². The number of anilines is 2. The first kappa shape index (κ1) is 20.8. The average Bonchev–Trinajstić information content (AvgIpc) is 3.36. The first-order valence-corrected chi connectivity index (χ1v) is 10.3. The van der Waals surface area contributed by atoms with Crippen molar-refractivity contribution in [2.24, 2.45) is 11.8 Å². The van der Waals surface area contributed by atoms with Crippen LogP contribution < -0.4 is 9.80 Å². The van der Waals surface area contributed by atoms with E-state index in [4.69, 9.17) is 0 Å². The summed E-state index contributed by atoms with van der Waals surface area (Å²) in [6, 6.07) is 2.47. The van der Waals surface area contributed by atoms with Gasteiger partial charge in [-0.25, -0.2) is 28.4 Å². The van der Waals surface area contributed by atoms with Gasteiger partial charge in [0.05, 0.1) is 24.3 Å². The molecule has 0 aromatic carbocycles. The average molecular weight is 453 g/mol. The van der Waals surface area contributed by atoms with Gasteiger partial charge in [0.2, 0.25) is 0 Å². The number of fused-ring (bicyclic) bond motifs is 2. The number of alkyl halides is 5. The number of halogens is 5. The molecular weight excluding hydrogens is 433 g/mol. The topological polar surface area (TPSA) is 63.0 Å². The molecule has 7 nitrogen and oxygen atoms in total. The summed E-state index contributed by atoms with van der Waals surface area (Å²) in [5, 5.41) is 3.95. The molecule has 2 atom stereocenters. The van der Waals surface area contributed by atoms with Gasteiger partial charge in [-0.2, -0.15) is 18.3 Å². The van der Waals surface area contributed by atoms with Crippen LogP contribution in [-0.2, 0) is 12.7 Å². The number of hydrogen-bond acceptors (Lipinski definition) is 6. The maximum absolute atomic E-state index is 12.8. The highest BCUT2D eigenvalue weighted by Gasteiger charge is 2.38. The van der Waals surface area contributed by atoms with E-state index >= 15 is 0 Å². The number of pyridine rings is 1. The second-order valence-corrected chi connectivity index (χ2v) is 8.21. The van der Waals surface area contributed by atoms with Crippen LogP contribution in [0, 0.1) is 11.8 Å². The summed E-state index contributed by atoms with van der Waals surface area (Å²) >= 11 is 0. The third-order valence-electron chi connectivity index (χ3n) is 6.17. The van der Waals surface area contributed by atoms with Crippen LogP contribution in [-0.4, -0.2) is 57.3 Å². The van der Waals surface area contributed by atoms with Gasteiger partial charge in [-0.15, -0.1) is 0 Å². The summed E-state index contributed by atoms with van der Waals surface area (Å²) in [4.78, 5) is 16.6. The Morgan fingerprint density at radius 3 is 2.47 bits per heavy atom. The Labute approximate surface area is 179 Å². The van der Waals surface area contributed by atoms with Gasteiger partial charge in [0.1, 0.15) is 23.6 Å². The molecule has 0 spiro atoms. The van der Waals surface area contributed by atoms with Gasteiger partial charge in [0.15, 0.2) is 5.65 Å². The highest BCUT2D eigenvalue weighted by atomic mass is 19.4. The highest BCUT2D eigenvalue weighted by molar-refractivity contribution is 5.71. The minimum Gasteiger partial charge on any atom is -0.370 e. The van der Waals surface area contributed by atoms with Crippen molar-refractivity contribution in [3.05, 3.63) is 36.4 Å². The lowest BCUT2D eigenvalue weighted by Gasteiger charge is -2.35. The van der Waals surface area contributed by atoms with Crippen LogP contribution in [0.4, 0.5) is 33.5 Å². The second-order valence-electron chi connectivity index (χ2n) is 8.21. The van der Waals surface area contributed by atoms with Crippen molar-refractivity contribution in [2.45, 2.75) is 25.6 Å². The van der Waals surface area contributed by atoms with Crippen LogP contribution in [0.2, 0.25) is 0 Å². The lowest BCUT2D eigenvalue weighted by molar-refractivity contribution is -0.141. The first-order valence-electron chi connectivity index (χ1n) is 10.3. The maximum Gasteiger partial charge on any atom is 0.433 e. The molecule has 0 aliphatic carbocycles. The molecule has 12 heteroatoms. The third kappa shape index (κ3) is 3.93. The smallest absolute Gasteiger partial charge is 0.370 e. The van der Waals surface area contributed by atoms with Gasteiger partial charge in [0.25, 0.3) is 6.43 Å². The monoisotopic (exact) mass is 453 g/mol. The molecule has 2 aliphatic rings. The molecule has 32 heavy (non-hydrogen) atoms. The lowest BCUT2D eigenvalue weighted by Crippen LogP contribution is -2.40. The van der Waals surface area contributed by atoms with Crippen LogP contribution in [0.1, 0.15) is 12.1 Å². The summed E-state index contributed by atoms with van der Waals surface area (Å²) in [6.45, 7) is 2.37. The first-order chi connectivity index (χ1) is 15.3. The Hall–Kier alpha value is -3.05. The predicted molar refractivity (Wildman–Crippen MR) is 107 cm³/mol. The molecule has 2 fully saturated rings. The van der Waals surface area contributed by atoms with Gasteiger partial charge in [-0.1, -0.05) is 0 Å². The number of hydrogen-bond donors (Lipinski definition) is 0. The largest absolute Gasteiger partial charge is 0.433 e. The van der Waals surface area contributed by atoms with E-state index in [1.807, 2.05) is 0 Å². The van der Waals surface area contributed by atoms with E-state index in [1.54, 1.807) is 6.20 Å². The van der Waals surface area contributed by atoms with Crippen molar-refractivity contribution < 1.29 is 22.0 Å². The molecule has 2 aliphatic heterocycles. The molecule has 0 N–H and O–H groups in total. The van der Waals surface area contributed by atoms with Crippen molar-refractivity contribution in [3.8, 4) is 0 Å². The molecule has 5 rings (SSSR count). The number of aromatic nitrogens is 5. The Bertz CT molecular complexity index is 1100. The van der Waals surface area contributed by atoms with Crippen LogP contribution >= 0.6 is 0 Å². The summed E-state index contributed by atoms with van der Waals surface area (Å²) in [5.41, 5.74) is 0.567. The van der Waals surface area contributed by atoms with Crippen molar-refractivity contribution in [3.63, 3.8) is 0 Å². The van der Waals surface area contributed by atoms with Crippen molar-refractivity contribution >= 4 is 22.7 Å². The predicted octanol–water partition coefficient (Wildman–Crippen LogP) is 3.47. The zero-order valence-electron chi connectivity index (χ0n) is 16.9. The van der Waals surface area contributed by atoms with E-state index in [0.717, 1.165) is 25.6 Å². The van der Waals surface area contributed by atoms with E-state index in [1.165, 1.54) is 23.1 Å². The van der Waals surface area contributed by atoms with Crippen LogP contribution in [0.25, 0.3) is 11.2 Å². The van der Waals surface area contributed by atoms with Gasteiger partial charge in [0, 0.05) is 26.2 Å². The van der Waals surface area contributed by atoms with Gasteiger partial charge >= 0.3 is 6.18 Å². The fraction of sp³-hybridized carbons (Fsp3) is 0.500. The quantitative estimate of drug-likeness (QED) is 0.564. The van der Waals surface area contributed by atoms with Crippen molar-refractivity contribution in [1.82, 2.24) is 24.7 Å². The molecule has 0 amide bonds. The van der Waals surface area contributed by atoms with Crippen molar-refractivity contribution in [1.29, 1.82) is 0 Å². The van der Waals surface area contributed by atoms with E-state index in [2.05, 4.69) is 29.9 Å². The standard InChI is InChI=1S/C20H20F5N7/c21-17(22)11-32-19-15(6-28-32)26-7-18(29-19)31-8-12-3-4-30(9-13(12)10-31)14-1-2-16(27-5-14)20(23,24)25/h1-2,5-7,12-13,17H,3-4,8-11H2/t12?,13-/m1/s1. The number of piperidine rings is 1. The number of rotatable bonds is 4. The van der Waals surface area contributed by atoms with Crippen molar-refractivity contribution in [2.75, 3.05) is 36.0 Å². The van der Waals surface area contributed by atoms with Crippen LogP contribution in [0.15, 0.2) is 30.7 Å². The minimum atomic E-state index is -4.45. The van der Waals surface area contributed by atoms with Gasteiger partial charge in [-0.3, -0.25) is 0 Å². The molecule has 5 heterocycles. The number of nitrogens with zero attached hydrogens (tertiary/aromatic N) is 7. The molecule has 0 saturated carbocycles. The minimum absolute atomic E-state index is 0.300. The van der Waals surface area contributed by atoms with Gasteiger partial charge in [-0.05, 0) is 30.4 Å². The Kier molecular flexibility index (Phi) is 5.09. The SMILES string of the molecule is FC(F)Cn1ncc2ncc(N3CC4CCN(c5ccc(C(F)(F)F)nc5)C[C@@H]4C3)nc21. The molecule has 3 aromatic rings. The molecule has 170 valence electrons. The third-order valence-corrected chi connectivity index (χ3v) is 6.17. The zero-order valence-corrected chi connectivity index (χ0v) is 16.9.